The lowest BCUT2D eigenvalue weighted by Crippen LogP contribution is -2.19. The molecule has 1 aliphatic rings. The summed E-state index contributed by atoms with van der Waals surface area (Å²) in [4.78, 5) is 0. The molecule has 1 saturated carbocycles. The monoisotopic (exact) mass is 204 g/mol. The lowest BCUT2D eigenvalue weighted by atomic mass is 10.0. The van der Waals surface area contributed by atoms with Gasteiger partial charge in [0, 0.05) is 12.1 Å². The number of hydrogen-bond acceptors (Lipinski definition) is 2. The van der Waals surface area contributed by atoms with Gasteiger partial charge in [0.25, 0.3) is 0 Å². The molecule has 15 heavy (non-hydrogen) atoms. The van der Waals surface area contributed by atoms with Crippen molar-refractivity contribution in [3.8, 4) is 0 Å². The highest BCUT2D eigenvalue weighted by atomic mass is 14.9. The molecule has 1 aromatic carbocycles. The van der Waals surface area contributed by atoms with E-state index in [4.69, 9.17) is 5.73 Å². The maximum Gasteiger partial charge on any atom is 0.0295 e. The van der Waals surface area contributed by atoms with Crippen molar-refractivity contribution in [3.05, 3.63) is 35.9 Å². The molecule has 0 saturated heterocycles. The van der Waals surface area contributed by atoms with E-state index in [2.05, 4.69) is 29.6 Å². The van der Waals surface area contributed by atoms with Crippen LogP contribution < -0.4 is 11.1 Å². The standard InChI is InChI=1S/C13H20N2/c14-13(11-5-2-1-3-6-11)7-4-10-15-12-8-9-12/h1-3,5-6,12-13,15H,4,7-10,14H2. The van der Waals surface area contributed by atoms with E-state index in [0.717, 1.165) is 19.0 Å². The van der Waals surface area contributed by atoms with Crippen molar-refractivity contribution in [2.75, 3.05) is 6.54 Å². The molecule has 2 rings (SSSR count). The van der Waals surface area contributed by atoms with E-state index >= 15 is 0 Å². The molecule has 0 heterocycles. The summed E-state index contributed by atoms with van der Waals surface area (Å²) in [6.45, 7) is 1.12. The van der Waals surface area contributed by atoms with Gasteiger partial charge in [-0.15, -0.1) is 0 Å². The smallest absolute Gasteiger partial charge is 0.0295 e. The average Bonchev–Trinajstić information content (AvgIpc) is 3.09. The van der Waals surface area contributed by atoms with Gasteiger partial charge in [-0.25, -0.2) is 0 Å². The van der Waals surface area contributed by atoms with Crippen LogP contribution in [-0.4, -0.2) is 12.6 Å². The number of nitrogens with one attached hydrogen (secondary N) is 1. The zero-order chi connectivity index (χ0) is 10.5. The van der Waals surface area contributed by atoms with Crippen LogP contribution in [0.1, 0.15) is 37.3 Å². The minimum Gasteiger partial charge on any atom is -0.324 e. The second-order valence-electron chi connectivity index (χ2n) is 4.39. The predicted molar refractivity (Wildman–Crippen MR) is 63.6 cm³/mol. The summed E-state index contributed by atoms with van der Waals surface area (Å²) in [7, 11) is 0. The third kappa shape index (κ3) is 3.65. The van der Waals surface area contributed by atoms with Crippen molar-refractivity contribution >= 4 is 0 Å². The van der Waals surface area contributed by atoms with E-state index in [0.29, 0.717) is 0 Å². The fourth-order valence-corrected chi connectivity index (χ4v) is 1.78. The molecule has 0 bridgehead atoms. The Balaban J connectivity index is 1.65. The highest BCUT2D eigenvalue weighted by molar-refractivity contribution is 5.18. The van der Waals surface area contributed by atoms with E-state index in [9.17, 15) is 0 Å². The number of benzene rings is 1. The first-order valence-corrected chi connectivity index (χ1v) is 5.90. The molecule has 0 radical (unpaired) electrons. The summed E-state index contributed by atoms with van der Waals surface area (Å²) < 4.78 is 0. The van der Waals surface area contributed by atoms with E-state index in [1.807, 2.05) is 6.07 Å². The molecule has 2 heteroatoms. The van der Waals surface area contributed by atoms with Crippen LogP contribution in [0.2, 0.25) is 0 Å². The van der Waals surface area contributed by atoms with Gasteiger partial charge >= 0.3 is 0 Å². The van der Waals surface area contributed by atoms with Crippen molar-refractivity contribution in [1.29, 1.82) is 0 Å². The first-order chi connectivity index (χ1) is 7.36. The third-order valence-electron chi connectivity index (χ3n) is 2.93. The normalized spacial score (nSPS) is 17.7. The van der Waals surface area contributed by atoms with Gasteiger partial charge in [0.15, 0.2) is 0 Å². The number of hydrogen-bond donors (Lipinski definition) is 2. The summed E-state index contributed by atoms with van der Waals surface area (Å²) in [6, 6.07) is 11.4. The van der Waals surface area contributed by atoms with Crippen LogP contribution in [-0.2, 0) is 0 Å². The molecule has 1 unspecified atom stereocenters. The van der Waals surface area contributed by atoms with Gasteiger partial charge in [-0.3, -0.25) is 0 Å². The van der Waals surface area contributed by atoms with Gasteiger partial charge < -0.3 is 11.1 Å². The maximum absolute atomic E-state index is 6.10. The summed E-state index contributed by atoms with van der Waals surface area (Å²) in [5.41, 5.74) is 7.35. The zero-order valence-electron chi connectivity index (χ0n) is 9.15. The Kier molecular flexibility index (Phi) is 3.75. The molecule has 1 aromatic rings. The predicted octanol–water partition coefficient (Wildman–Crippen LogP) is 2.22. The molecule has 2 nitrogen and oxygen atoms in total. The minimum absolute atomic E-state index is 0.201. The summed E-state index contributed by atoms with van der Waals surface area (Å²) in [5.74, 6) is 0. The second kappa shape index (κ2) is 5.29. The third-order valence-corrected chi connectivity index (χ3v) is 2.93. The Morgan fingerprint density at radius 2 is 2.00 bits per heavy atom. The van der Waals surface area contributed by atoms with Crippen molar-refractivity contribution in [2.45, 2.75) is 37.8 Å². The van der Waals surface area contributed by atoms with E-state index in [-0.39, 0.29) is 6.04 Å². The van der Waals surface area contributed by atoms with Gasteiger partial charge in [0.2, 0.25) is 0 Å². The molecule has 3 N–H and O–H groups in total. The second-order valence-corrected chi connectivity index (χ2v) is 4.39. The number of rotatable bonds is 6. The summed E-state index contributed by atoms with van der Waals surface area (Å²) in [5, 5.41) is 3.51. The van der Waals surface area contributed by atoms with Gasteiger partial charge in [0.1, 0.15) is 0 Å². The van der Waals surface area contributed by atoms with Gasteiger partial charge in [-0.2, -0.15) is 0 Å². The van der Waals surface area contributed by atoms with E-state index < -0.39 is 0 Å². The van der Waals surface area contributed by atoms with E-state index in [1.54, 1.807) is 0 Å². The largest absolute Gasteiger partial charge is 0.324 e. The van der Waals surface area contributed by atoms with Crippen molar-refractivity contribution in [3.63, 3.8) is 0 Å². The molecule has 0 amide bonds. The van der Waals surface area contributed by atoms with Crippen LogP contribution in [0.5, 0.6) is 0 Å². The molecule has 0 aromatic heterocycles. The summed E-state index contributed by atoms with van der Waals surface area (Å²) in [6.07, 6.45) is 4.98. The SMILES string of the molecule is NC(CCCNC1CC1)c1ccccc1. The van der Waals surface area contributed by atoms with Crippen LogP contribution in [0.25, 0.3) is 0 Å². The van der Waals surface area contributed by atoms with Crippen LogP contribution in [0, 0.1) is 0 Å². The van der Waals surface area contributed by atoms with Crippen LogP contribution in [0.15, 0.2) is 30.3 Å². The minimum atomic E-state index is 0.201. The Morgan fingerprint density at radius 3 is 2.67 bits per heavy atom. The van der Waals surface area contributed by atoms with Crippen LogP contribution in [0.3, 0.4) is 0 Å². The first kappa shape index (κ1) is 10.7. The Morgan fingerprint density at radius 1 is 1.27 bits per heavy atom. The molecule has 0 spiro atoms. The molecule has 1 aliphatic carbocycles. The highest BCUT2D eigenvalue weighted by Crippen LogP contribution is 2.19. The van der Waals surface area contributed by atoms with Crippen molar-refractivity contribution < 1.29 is 0 Å². The summed E-state index contributed by atoms with van der Waals surface area (Å²) >= 11 is 0. The zero-order valence-corrected chi connectivity index (χ0v) is 9.15. The Bertz CT molecular complexity index is 280. The molecule has 82 valence electrons. The molecular formula is C13H20N2. The fourth-order valence-electron chi connectivity index (χ4n) is 1.78. The van der Waals surface area contributed by atoms with Crippen molar-refractivity contribution in [2.24, 2.45) is 5.73 Å². The molecule has 0 aliphatic heterocycles. The van der Waals surface area contributed by atoms with Gasteiger partial charge in [-0.05, 0) is 37.8 Å². The first-order valence-electron chi connectivity index (χ1n) is 5.90. The average molecular weight is 204 g/mol. The Labute approximate surface area is 91.9 Å². The van der Waals surface area contributed by atoms with Crippen molar-refractivity contribution in [1.82, 2.24) is 5.32 Å². The lowest BCUT2D eigenvalue weighted by molar-refractivity contribution is 0.565. The number of nitrogens with two attached hydrogens (primary N) is 1. The van der Waals surface area contributed by atoms with E-state index in [1.165, 1.54) is 24.8 Å². The van der Waals surface area contributed by atoms with Gasteiger partial charge in [-0.1, -0.05) is 30.3 Å². The molecular weight excluding hydrogens is 184 g/mol. The maximum atomic E-state index is 6.10. The molecule has 1 fully saturated rings. The van der Waals surface area contributed by atoms with Gasteiger partial charge in [0.05, 0.1) is 0 Å². The highest BCUT2D eigenvalue weighted by Gasteiger charge is 2.19. The molecule has 1 atom stereocenters. The fraction of sp³-hybridized carbons (Fsp3) is 0.538. The quantitative estimate of drug-likeness (QED) is 0.697. The topological polar surface area (TPSA) is 38.0 Å². The lowest BCUT2D eigenvalue weighted by Gasteiger charge is -2.11. The van der Waals surface area contributed by atoms with Crippen LogP contribution in [0.4, 0.5) is 0 Å². The van der Waals surface area contributed by atoms with Crippen LogP contribution >= 0.6 is 0 Å². The Hall–Kier alpha value is -0.860.